The highest BCUT2D eigenvalue weighted by molar-refractivity contribution is 9.10. The molecule has 26 heavy (non-hydrogen) atoms. The molecule has 1 saturated heterocycles. The summed E-state index contributed by atoms with van der Waals surface area (Å²) >= 11 is 14.9. The van der Waals surface area contributed by atoms with Crippen molar-refractivity contribution in [1.29, 1.82) is 0 Å². The normalized spacial score (nSPS) is 15.4. The zero-order valence-electron chi connectivity index (χ0n) is 14.8. The molecule has 0 saturated carbocycles. The first-order valence-corrected chi connectivity index (χ1v) is 10.5. The number of nitrogens with one attached hydrogen (secondary N) is 2. The highest BCUT2D eigenvalue weighted by Gasteiger charge is 2.12. The van der Waals surface area contributed by atoms with E-state index in [0.29, 0.717) is 10.1 Å². The number of halogens is 2. The molecule has 0 aromatic heterocycles. The minimum atomic E-state index is 0.122. The van der Waals surface area contributed by atoms with Crippen molar-refractivity contribution in [1.82, 2.24) is 5.32 Å². The van der Waals surface area contributed by atoms with Crippen molar-refractivity contribution in [2.24, 2.45) is 0 Å². The molecule has 6 heteroatoms. The van der Waals surface area contributed by atoms with Crippen molar-refractivity contribution in [3.05, 3.63) is 57.5 Å². The smallest absolute Gasteiger partial charge is 0.171 e. The zero-order chi connectivity index (χ0) is 18.5. The minimum Gasteiger partial charge on any atom is -0.372 e. The molecule has 0 unspecified atom stereocenters. The summed E-state index contributed by atoms with van der Waals surface area (Å²) in [4.78, 5) is 2.47. The van der Waals surface area contributed by atoms with Crippen LogP contribution in [0.5, 0.6) is 0 Å². The molecule has 3 nitrogen and oxygen atoms in total. The molecule has 0 aliphatic carbocycles. The first-order chi connectivity index (χ1) is 12.5. The van der Waals surface area contributed by atoms with E-state index in [1.807, 2.05) is 18.2 Å². The molecule has 0 radical (unpaired) electrons. The fraction of sp³-hybridized carbons (Fsp3) is 0.350. The summed E-state index contributed by atoms with van der Waals surface area (Å²) in [5, 5.41) is 7.74. The molecule has 0 amide bonds. The Bertz CT molecular complexity index is 760. The molecule has 138 valence electrons. The summed E-state index contributed by atoms with van der Waals surface area (Å²) in [7, 11) is 0. The highest BCUT2D eigenvalue weighted by Crippen LogP contribution is 2.26. The van der Waals surface area contributed by atoms with Gasteiger partial charge in [-0.05, 0) is 90.2 Å². The first-order valence-electron chi connectivity index (χ1n) is 8.90. The van der Waals surface area contributed by atoms with Crippen molar-refractivity contribution in [2.45, 2.75) is 32.2 Å². The molecule has 2 N–H and O–H groups in total. The van der Waals surface area contributed by atoms with Crippen LogP contribution in [0.2, 0.25) is 5.02 Å². The number of anilines is 2. The Morgan fingerprint density at radius 3 is 2.46 bits per heavy atom. The fourth-order valence-corrected chi connectivity index (χ4v) is 3.87. The summed E-state index contributed by atoms with van der Waals surface area (Å²) in [6, 6.07) is 14.6. The quantitative estimate of drug-likeness (QED) is 0.545. The Labute approximate surface area is 174 Å². The topological polar surface area (TPSA) is 27.3 Å². The second-order valence-corrected chi connectivity index (χ2v) is 8.26. The van der Waals surface area contributed by atoms with Gasteiger partial charge in [0.25, 0.3) is 0 Å². The second-order valence-electron chi connectivity index (χ2n) is 6.59. The molecular weight excluding hydrogens is 430 g/mol. The van der Waals surface area contributed by atoms with E-state index in [0.717, 1.165) is 23.2 Å². The molecule has 0 bridgehead atoms. The van der Waals surface area contributed by atoms with E-state index in [2.05, 4.69) is 62.7 Å². The number of hydrogen-bond donors (Lipinski definition) is 2. The highest BCUT2D eigenvalue weighted by atomic mass is 79.9. The number of nitrogens with zero attached hydrogens (tertiary/aromatic N) is 1. The number of rotatable bonds is 4. The zero-order valence-corrected chi connectivity index (χ0v) is 17.9. The van der Waals surface area contributed by atoms with Crippen LogP contribution < -0.4 is 15.5 Å². The lowest BCUT2D eigenvalue weighted by Crippen LogP contribution is -2.31. The second kappa shape index (κ2) is 9.07. The van der Waals surface area contributed by atoms with Crippen LogP contribution in [-0.2, 0) is 0 Å². The maximum Gasteiger partial charge on any atom is 0.171 e. The lowest BCUT2D eigenvalue weighted by Gasteiger charge is -2.29. The summed E-state index contributed by atoms with van der Waals surface area (Å²) in [6.07, 6.45) is 3.93. The van der Waals surface area contributed by atoms with Crippen LogP contribution >= 0.6 is 39.7 Å². The molecule has 1 aliphatic heterocycles. The lowest BCUT2D eigenvalue weighted by molar-refractivity contribution is 0.577. The van der Waals surface area contributed by atoms with E-state index in [4.69, 9.17) is 23.8 Å². The van der Waals surface area contributed by atoms with Gasteiger partial charge in [0.15, 0.2) is 5.11 Å². The number of benzene rings is 2. The molecule has 1 aliphatic rings. The summed E-state index contributed by atoms with van der Waals surface area (Å²) < 4.78 is 0.866. The van der Waals surface area contributed by atoms with Crippen LogP contribution in [0.15, 0.2) is 46.9 Å². The molecule has 2 aromatic rings. The van der Waals surface area contributed by atoms with Crippen molar-refractivity contribution < 1.29 is 0 Å². The van der Waals surface area contributed by atoms with E-state index in [-0.39, 0.29) is 6.04 Å². The van der Waals surface area contributed by atoms with Crippen LogP contribution in [0.1, 0.15) is 37.8 Å². The third kappa shape index (κ3) is 5.12. The van der Waals surface area contributed by atoms with Gasteiger partial charge in [-0.3, -0.25) is 0 Å². The van der Waals surface area contributed by atoms with Gasteiger partial charge < -0.3 is 15.5 Å². The van der Waals surface area contributed by atoms with Crippen LogP contribution in [-0.4, -0.2) is 18.2 Å². The Hall–Kier alpha value is -1.30. The van der Waals surface area contributed by atoms with Crippen molar-refractivity contribution in [3.63, 3.8) is 0 Å². The predicted molar refractivity (Wildman–Crippen MR) is 119 cm³/mol. The number of piperidine rings is 1. The average molecular weight is 453 g/mol. The van der Waals surface area contributed by atoms with E-state index >= 15 is 0 Å². The molecule has 1 fully saturated rings. The molecule has 2 aromatic carbocycles. The van der Waals surface area contributed by atoms with Gasteiger partial charge in [-0.15, -0.1) is 0 Å². The van der Waals surface area contributed by atoms with E-state index in [1.54, 1.807) is 0 Å². The minimum absolute atomic E-state index is 0.122. The van der Waals surface area contributed by atoms with Crippen molar-refractivity contribution in [3.8, 4) is 0 Å². The van der Waals surface area contributed by atoms with Crippen molar-refractivity contribution >= 4 is 56.2 Å². The molecular formula is C20H23BrClN3S. The molecule has 1 heterocycles. The predicted octanol–water partition coefficient (Wildman–Crippen LogP) is 6.14. The number of thiocarbonyl (C=S) groups is 1. The fourth-order valence-electron chi connectivity index (χ4n) is 3.15. The Kier molecular flexibility index (Phi) is 6.79. The van der Waals surface area contributed by atoms with Crippen LogP contribution in [0.4, 0.5) is 11.4 Å². The summed E-state index contributed by atoms with van der Waals surface area (Å²) in [5.74, 6) is 0. The third-order valence-electron chi connectivity index (χ3n) is 4.64. The Morgan fingerprint density at radius 2 is 1.81 bits per heavy atom. The average Bonchev–Trinajstić information content (AvgIpc) is 2.65. The van der Waals surface area contributed by atoms with E-state index in [9.17, 15) is 0 Å². The molecule has 3 rings (SSSR count). The summed E-state index contributed by atoms with van der Waals surface area (Å²) in [6.45, 7) is 4.44. The van der Waals surface area contributed by atoms with Gasteiger partial charge >= 0.3 is 0 Å². The van der Waals surface area contributed by atoms with Gasteiger partial charge in [0.2, 0.25) is 0 Å². The Morgan fingerprint density at radius 1 is 1.12 bits per heavy atom. The lowest BCUT2D eigenvalue weighted by atomic mass is 10.1. The number of hydrogen-bond acceptors (Lipinski definition) is 2. The molecule has 0 spiro atoms. The van der Waals surface area contributed by atoms with Gasteiger partial charge in [-0.2, -0.15) is 0 Å². The van der Waals surface area contributed by atoms with Gasteiger partial charge in [-0.25, -0.2) is 0 Å². The summed E-state index contributed by atoms with van der Waals surface area (Å²) in [5.41, 5.74) is 3.39. The maximum absolute atomic E-state index is 6.12. The van der Waals surface area contributed by atoms with Crippen LogP contribution in [0, 0.1) is 0 Å². The van der Waals surface area contributed by atoms with Gasteiger partial charge in [0, 0.05) is 28.9 Å². The SMILES string of the molecule is C[C@@H](NC(=S)Nc1ccc(Br)c(Cl)c1)c1ccc(N2CCCCC2)cc1. The van der Waals surface area contributed by atoms with Crippen molar-refractivity contribution in [2.75, 3.05) is 23.3 Å². The van der Waals surface area contributed by atoms with Gasteiger partial charge in [-0.1, -0.05) is 23.7 Å². The van der Waals surface area contributed by atoms with Gasteiger partial charge in [0.1, 0.15) is 0 Å². The standard InChI is InChI=1S/C20H23BrClN3S/c1-14(23-20(26)24-16-7-10-18(21)19(22)13-16)15-5-8-17(9-6-15)25-11-3-2-4-12-25/h5-10,13-14H,2-4,11-12H2,1H3,(H2,23,24,26)/t14-/m1/s1. The van der Waals surface area contributed by atoms with E-state index < -0.39 is 0 Å². The third-order valence-corrected chi connectivity index (χ3v) is 6.09. The Balaban J connectivity index is 1.57. The molecule has 1 atom stereocenters. The van der Waals surface area contributed by atoms with E-state index in [1.165, 1.54) is 30.5 Å². The van der Waals surface area contributed by atoms with Gasteiger partial charge in [0.05, 0.1) is 11.1 Å². The van der Waals surface area contributed by atoms with Crippen LogP contribution in [0.3, 0.4) is 0 Å². The van der Waals surface area contributed by atoms with Crippen LogP contribution in [0.25, 0.3) is 0 Å². The monoisotopic (exact) mass is 451 g/mol. The largest absolute Gasteiger partial charge is 0.372 e. The first kappa shape index (κ1) is 19.5. The maximum atomic E-state index is 6.12.